The number of hydrogen-bond acceptors (Lipinski definition) is 0. The highest BCUT2D eigenvalue weighted by molar-refractivity contribution is 5.31. The molecule has 2 rings (SSSR count). The minimum Gasteiger partial charge on any atom is -0.234 e. The van der Waals surface area contributed by atoms with Gasteiger partial charge in [0.25, 0.3) is 5.82 Å². The lowest BCUT2D eigenvalue weighted by Crippen LogP contribution is -2.37. The molecule has 0 saturated heterocycles. The monoisotopic (exact) mass is 636 g/mol. The lowest BCUT2D eigenvalue weighted by atomic mass is 10.0. The molecule has 2 aromatic rings. The van der Waals surface area contributed by atoms with Gasteiger partial charge in [-0.1, -0.05) is 212 Å². The number of hydrogen-bond donors (Lipinski definition) is 0. The predicted octanol–water partition coefficient (Wildman–Crippen LogP) is 14.4. The van der Waals surface area contributed by atoms with Gasteiger partial charge in [-0.2, -0.15) is 4.57 Å². The molecule has 0 aliphatic rings. The summed E-state index contributed by atoms with van der Waals surface area (Å²) >= 11 is 0. The van der Waals surface area contributed by atoms with Gasteiger partial charge in [0.05, 0.1) is 6.54 Å². The molecule has 264 valence electrons. The van der Waals surface area contributed by atoms with Crippen LogP contribution in [0.2, 0.25) is 0 Å². The molecule has 0 fully saturated rings. The summed E-state index contributed by atoms with van der Waals surface area (Å²) < 4.78 is 5.02. The summed E-state index contributed by atoms with van der Waals surface area (Å²) in [6.45, 7) is 5.79. The van der Waals surface area contributed by atoms with Gasteiger partial charge in [0.15, 0.2) is 0 Å². The van der Waals surface area contributed by atoms with Crippen molar-refractivity contribution in [2.45, 2.75) is 226 Å². The van der Waals surface area contributed by atoms with E-state index in [1.54, 1.807) is 0 Å². The Hall–Kier alpha value is -1.57. The van der Waals surface area contributed by atoms with Crippen molar-refractivity contribution >= 4 is 0 Å². The van der Waals surface area contributed by atoms with Crippen LogP contribution < -0.4 is 4.57 Å². The van der Waals surface area contributed by atoms with Crippen molar-refractivity contribution in [2.24, 2.45) is 0 Å². The van der Waals surface area contributed by atoms with Gasteiger partial charge in [0, 0.05) is 6.42 Å². The third-order valence-electron chi connectivity index (χ3n) is 10.3. The van der Waals surface area contributed by atoms with Gasteiger partial charge < -0.3 is 0 Å². The van der Waals surface area contributed by atoms with Gasteiger partial charge >= 0.3 is 0 Å². The second-order valence-electron chi connectivity index (χ2n) is 14.6. The van der Waals surface area contributed by atoms with Crippen LogP contribution in [0.4, 0.5) is 0 Å². The predicted molar refractivity (Wildman–Crippen MR) is 204 cm³/mol. The fourth-order valence-electron chi connectivity index (χ4n) is 7.23. The maximum absolute atomic E-state index is 2.57. The minimum absolute atomic E-state index is 1.17. The summed E-state index contributed by atoms with van der Waals surface area (Å²) in [5.41, 5.74) is 1.31. The van der Waals surface area contributed by atoms with Crippen molar-refractivity contribution in [3.8, 4) is 5.69 Å². The van der Waals surface area contributed by atoms with E-state index in [1.807, 2.05) is 0 Å². The summed E-state index contributed by atoms with van der Waals surface area (Å²) in [6, 6.07) is 11.0. The quantitative estimate of drug-likeness (QED) is 0.0534. The number of aromatic nitrogens is 2. The van der Waals surface area contributed by atoms with Crippen LogP contribution in [0.25, 0.3) is 5.69 Å². The van der Waals surface area contributed by atoms with E-state index in [4.69, 9.17) is 0 Å². The lowest BCUT2D eigenvalue weighted by molar-refractivity contribution is -0.704. The largest absolute Gasteiger partial charge is 0.261 e. The van der Waals surface area contributed by atoms with Crippen LogP contribution >= 0.6 is 0 Å². The number of unbranched alkanes of at least 4 members (excludes halogenated alkanes) is 29. The highest BCUT2D eigenvalue weighted by Crippen LogP contribution is 2.17. The van der Waals surface area contributed by atoms with Gasteiger partial charge in [-0.05, 0) is 31.4 Å². The molecule has 0 aliphatic heterocycles. The molecule has 0 unspecified atom stereocenters. The van der Waals surface area contributed by atoms with E-state index < -0.39 is 0 Å². The van der Waals surface area contributed by atoms with Gasteiger partial charge in [0.2, 0.25) is 0 Å². The Balaban J connectivity index is 1.53. The van der Waals surface area contributed by atoms with Crippen molar-refractivity contribution in [3.63, 3.8) is 0 Å². The zero-order chi connectivity index (χ0) is 32.6. The molecule has 0 saturated carbocycles. The molecular formula is C44H79N2+. The molecule has 1 aromatic heterocycles. The first-order valence-electron chi connectivity index (χ1n) is 21.0. The smallest absolute Gasteiger partial charge is 0.234 e. The van der Waals surface area contributed by atoms with Crippen molar-refractivity contribution in [3.05, 3.63) is 48.5 Å². The van der Waals surface area contributed by atoms with Crippen LogP contribution in [-0.4, -0.2) is 4.57 Å². The van der Waals surface area contributed by atoms with E-state index in [9.17, 15) is 0 Å². The maximum atomic E-state index is 2.57. The first-order chi connectivity index (χ1) is 22.9. The molecule has 2 nitrogen and oxygen atoms in total. The summed E-state index contributed by atoms with van der Waals surface area (Å²) in [5.74, 6) is 1.50. The van der Waals surface area contributed by atoms with E-state index in [0.29, 0.717) is 0 Å². The van der Waals surface area contributed by atoms with Gasteiger partial charge in [0.1, 0.15) is 18.1 Å². The topological polar surface area (TPSA) is 8.81 Å². The van der Waals surface area contributed by atoms with Gasteiger partial charge in [-0.25, -0.2) is 4.57 Å². The summed E-state index contributed by atoms with van der Waals surface area (Å²) in [5, 5.41) is 0. The molecule has 46 heavy (non-hydrogen) atoms. The molecule has 1 heterocycles. The molecule has 2 heteroatoms. The van der Waals surface area contributed by atoms with Crippen molar-refractivity contribution in [1.29, 1.82) is 0 Å². The standard InChI is InChI=1S/C44H79N2/c1-3-5-7-9-11-13-15-17-19-20-22-24-26-28-30-35-39-44-45(41-42-46(44)43-37-33-32-34-38-43)40-36-31-29-27-25-23-21-18-16-14-12-10-8-6-4-2/h32-34,37-38,41-42H,3-31,35-36,39-40H2,1-2H3/q+1. The highest BCUT2D eigenvalue weighted by atomic mass is 15.1. The number of rotatable bonds is 34. The molecule has 0 atom stereocenters. The zero-order valence-corrected chi connectivity index (χ0v) is 31.3. The Morgan fingerprint density at radius 2 is 0.761 bits per heavy atom. The second-order valence-corrected chi connectivity index (χ2v) is 14.6. The minimum atomic E-state index is 1.17. The maximum Gasteiger partial charge on any atom is 0.261 e. The van der Waals surface area contributed by atoms with E-state index in [0.717, 1.165) is 0 Å². The van der Waals surface area contributed by atoms with Crippen LogP contribution in [0, 0.1) is 0 Å². The first kappa shape index (κ1) is 40.6. The van der Waals surface area contributed by atoms with E-state index in [2.05, 4.69) is 65.7 Å². The SMILES string of the molecule is CCCCCCCCCCCCCCCCCCc1n(-c2ccccc2)cc[n+]1CCCCCCCCCCCCCCCCC. The van der Waals surface area contributed by atoms with Gasteiger partial charge in [-0.3, -0.25) is 0 Å². The average Bonchev–Trinajstić information content (AvgIpc) is 3.49. The number of imidazole rings is 1. The third-order valence-corrected chi connectivity index (χ3v) is 10.3. The number of benzene rings is 1. The molecule has 0 radical (unpaired) electrons. The normalized spacial score (nSPS) is 11.5. The Morgan fingerprint density at radius 1 is 0.413 bits per heavy atom. The molecule has 0 spiro atoms. The fraction of sp³-hybridized carbons (Fsp3) is 0.795. The van der Waals surface area contributed by atoms with Crippen LogP contribution in [0.15, 0.2) is 42.7 Å². The number of para-hydroxylation sites is 1. The van der Waals surface area contributed by atoms with E-state index in [-0.39, 0.29) is 0 Å². The molecule has 0 amide bonds. The van der Waals surface area contributed by atoms with Crippen LogP contribution in [0.5, 0.6) is 0 Å². The Labute approximate surface area is 288 Å². The van der Waals surface area contributed by atoms with Crippen LogP contribution in [-0.2, 0) is 13.0 Å². The Kier molecular flexibility index (Phi) is 27.1. The lowest BCUT2D eigenvalue weighted by Gasteiger charge is -2.07. The first-order valence-corrected chi connectivity index (χ1v) is 21.0. The van der Waals surface area contributed by atoms with E-state index >= 15 is 0 Å². The number of nitrogens with zero attached hydrogens (tertiary/aromatic N) is 2. The van der Waals surface area contributed by atoms with Crippen molar-refractivity contribution < 1.29 is 4.57 Å². The summed E-state index contributed by atoms with van der Waals surface area (Å²) in [7, 11) is 0. The highest BCUT2D eigenvalue weighted by Gasteiger charge is 2.18. The van der Waals surface area contributed by atoms with Crippen molar-refractivity contribution in [2.75, 3.05) is 0 Å². The Morgan fingerprint density at radius 3 is 1.15 bits per heavy atom. The Bertz CT molecular complexity index is 885. The third kappa shape index (κ3) is 21.3. The molecule has 0 aliphatic carbocycles. The van der Waals surface area contributed by atoms with Crippen LogP contribution in [0.3, 0.4) is 0 Å². The van der Waals surface area contributed by atoms with Crippen molar-refractivity contribution in [1.82, 2.24) is 4.57 Å². The van der Waals surface area contributed by atoms with E-state index in [1.165, 1.54) is 224 Å². The molecular weight excluding hydrogens is 556 g/mol. The molecule has 1 aromatic carbocycles. The summed E-state index contributed by atoms with van der Waals surface area (Å²) in [6.07, 6.45) is 50.2. The zero-order valence-electron chi connectivity index (χ0n) is 31.3. The summed E-state index contributed by atoms with van der Waals surface area (Å²) in [4.78, 5) is 0. The second kappa shape index (κ2) is 30.7. The van der Waals surface area contributed by atoms with Crippen LogP contribution in [0.1, 0.15) is 219 Å². The molecule has 0 N–H and O–H groups in total. The number of aryl methyl sites for hydroxylation is 1. The molecule has 0 bridgehead atoms. The fourth-order valence-corrected chi connectivity index (χ4v) is 7.23. The van der Waals surface area contributed by atoms with Gasteiger partial charge in [-0.15, -0.1) is 0 Å². The average molecular weight is 636 g/mol.